The quantitative estimate of drug-likeness (QED) is 0.622. The molecule has 5 heteroatoms. The van der Waals surface area contributed by atoms with Crippen molar-refractivity contribution in [3.05, 3.63) is 24.3 Å². The highest BCUT2D eigenvalue weighted by molar-refractivity contribution is 8.13. The van der Waals surface area contributed by atoms with Crippen molar-refractivity contribution in [2.75, 3.05) is 0 Å². The van der Waals surface area contributed by atoms with Crippen LogP contribution in [0, 0.1) is 16.7 Å². The lowest BCUT2D eigenvalue weighted by atomic mass is 9.71. The first-order valence-corrected chi connectivity index (χ1v) is 8.38. The lowest BCUT2D eigenvalue weighted by molar-refractivity contribution is -0.140. The molecule has 2 aliphatic carbocycles. The molecule has 2 fully saturated rings. The van der Waals surface area contributed by atoms with Crippen molar-refractivity contribution in [1.29, 1.82) is 0 Å². The van der Waals surface area contributed by atoms with Crippen molar-refractivity contribution in [3.8, 4) is 0 Å². The van der Waals surface area contributed by atoms with E-state index >= 15 is 0 Å². The molecular formula is C17H17NO3S. The highest BCUT2D eigenvalue weighted by Crippen LogP contribution is 2.61. The minimum atomic E-state index is -0.820. The number of Topliss-reactive ketones (excluding diaryl/α,β-unsaturated/α-hetero) is 1. The van der Waals surface area contributed by atoms with E-state index in [-0.39, 0.29) is 16.3 Å². The number of ketones is 1. The average molecular weight is 315 g/mol. The predicted molar refractivity (Wildman–Crippen MR) is 83.4 cm³/mol. The second-order valence-electron chi connectivity index (χ2n) is 6.91. The van der Waals surface area contributed by atoms with E-state index in [0.717, 1.165) is 23.7 Å². The number of benzene rings is 1. The fourth-order valence-corrected chi connectivity index (χ4v) is 4.93. The van der Waals surface area contributed by atoms with Gasteiger partial charge in [-0.3, -0.25) is 9.59 Å². The van der Waals surface area contributed by atoms with Gasteiger partial charge in [0.1, 0.15) is 5.52 Å². The van der Waals surface area contributed by atoms with Gasteiger partial charge in [-0.25, -0.2) is 4.98 Å². The molecule has 1 aromatic carbocycles. The third kappa shape index (κ3) is 1.75. The van der Waals surface area contributed by atoms with Gasteiger partial charge in [0.25, 0.3) is 5.22 Å². The molecule has 0 saturated heterocycles. The fraction of sp³-hybridized carbons (Fsp3) is 0.471. The van der Waals surface area contributed by atoms with Crippen molar-refractivity contribution in [2.24, 2.45) is 16.7 Å². The topological polar surface area (TPSA) is 60.2 Å². The van der Waals surface area contributed by atoms with Gasteiger partial charge in [0.15, 0.2) is 11.4 Å². The molecule has 114 valence electrons. The predicted octanol–water partition coefficient (Wildman–Crippen LogP) is 3.84. The fourth-order valence-electron chi connectivity index (χ4n) is 4.02. The van der Waals surface area contributed by atoms with Gasteiger partial charge in [0.05, 0.1) is 5.41 Å². The maximum atomic E-state index is 12.8. The summed E-state index contributed by atoms with van der Waals surface area (Å²) in [7, 11) is 0. The van der Waals surface area contributed by atoms with Gasteiger partial charge in [-0.05, 0) is 37.3 Å². The normalized spacial score (nSPS) is 29.4. The zero-order valence-corrected chi connectivity index (χ0v) is 13.4. The van der Waals surface area contributed by atoms with Crippen LogP contribution in [0.15, 0.2) is 33.9 Å². The number of fused-ring (bicyclic) bond motifs is 3. The average Bonchev–Trinajstić information content (AvgIpc) is 3.14. The van der Waals surface area contributed by atoms with E-state index in [9.17, 15) is 9.59 Å². The summed E-state index contributed by atoms with van der Waals surface area (Å²) in [5.41, 5.74) is 0.199. The molecule has 2 atom stereocenters. The minimum absolute atomic E-state index is 0.0999. The van der Waals surface area contributed by atoms with Crippen LogP contribution in [0.4, 0.5) is 0 Å². The highest BCUT2D eigenvalue weighted by atomic mass is 32.2. The monoisotopic (exact) mass is 315 g/mol. The second-order valence-corrected chi connectivity index (χ2v) is 7.83. The van der Waals surface area contributed by atoms with Crippen molar-refractivity contribution in [3.63, 3.8) is 0 Å². The molecule has 0 N–H and O–H groups in total. The van der Waals surface area contributed by atoms with Gasteiger partial charge >= 0.3 is 0 Å². The molecule has 4 nitrogen and oxygen atoms in total. The molecule has 0 spiro atoms. The van der Waals surface area contributed by atoms with Gasteiger partial charge < -0.3 is 4.42 Å². The molecular weight excluding hydrogens is 298 g/mol. The van der Waals surface area contributed by atoms with Crippen LogP contribution in [-0.4, -0.2) is 15.9 Å². The number of thioether (sulfide) groups is 1. The smallest absolute Gasteiger partial charge is 0.264 e. The lowest BCUT2D eigenvalue weighted by Gasteiger charge is -2.31. The Morgan fingerprint density at radius 2 is 2.14 bits per heavy atom. The van der Waals surface area contributed by atoms with Crippen molar-refractivity contribution in [2.45, 2.75) is 38.3 Å². The molecule has 1 aromatic heterocycles. The molecule has 22 heavy (non-hydrogen) atoms. The van der Waals surface area contributed by atoms with E-state index in [1.165, 1.54) is 0 Å². The van der Waals surface area contributed by atoms with Crippen LogP contribution in [0.3, 0.4) is 0 Å². The standard InChI is InChI=1S/C17H17NO3S/c1-16(2)10-7-8-17(9-10,13(16)19)14(20)22-15-18-11-5-3-4-6-12(11)21-15/h3-6,10H,7-9H2,1-2H3. The molecule has 0 radical (unpaired) electrons. The summed E-state index contributed by atoms with van der Waals surface area (Å²) in [6, 6.07) is 7.42. The van der Waals surface area contributed by atoms with E-state index in [0.29, 0.717) is 29.6 Å². The zero-order valence-electron chi connectivity index (χ0n) is 12.6. The van der Waals surface area contributed by atoms with Crippen LogP contribution in [-0.2, 0) is 9.59 Å². The number of carbonyl (C=O) groups excluding carboxylic acids is 2. The third-order valence-electron chi connectivity index (χ3n) is 5.40. The highest BCUT2D eigenvalue weighted by Gasteiger charge is 2.65. The number of aromatic nitrogens is 1. The number of hydrogen-bond donors (Lipinski definition) is 0. The summed E-state index contributed by atoms with van der Waals surface area (Å²) in [4.78, 5) is 29.9. The molecule has 2 unspecified atom stereocenters. The number of carbonyl (C=O) groups is 2. The number of nitrogens with zero attached hydrogens (tertiary/aromatic N) is 1. The molecule has 0 amide bonds. The molecule has 0 aliphatic heterocycles. The van der Waals surface area contributed by atoms with Gasteiger partial charge in [-0.2, -0.15) is 0 Å². The summed E-state index contributed by atoms with van der Waals surface area (Å²) < 4.78 is 5.61. The Morgan fingerprint density at radius 1 is 1.36 bits per heavy atom. The molecule has 2 saturated carbocycles. The summed E-state index contributed by atoms with van der Waals surface area (Å²) >= 11 is 0.984. The summed E-state index contributed by atoms with van der Waals surface area (Å²) in [5, 5.41) is 0.235. The van der Waals surface area contributed by atoms with Crippen LogP contribution >= 0.6 is 11.8 Å². The van der Waals surface area contributed by atoms with E-state index in [1.807, 2.05) is 38.1 Å². The summed E-state index contributed by atoms with van der Waals surface area (Å²) in [6.45, 7) is 3.94. The molecule has 1 heterocycles. The maximum absolute atomic E-state index is 12.8. The Kier molecular flexibility index (Phi) is 2.83. The molecule has 2 aliphatic rings. The van der Waals surface area contributed by atoms with Gasteiger partial charge in [0, 0.05) is 17.2 Å². The van der Waals surface area contributed by atoms with Crippen LogP contribution in [0.5, 0.6) is 0 Å². The Morgan fingerprint density at radius 3 is 2.82 bits per heavy atom. The lowest BCUT2D eigenvalue weighted by Crippen LogP contribution is -2.40. The maximum Gasteiger partial charge on any atom is 0.264 e. The number of oxazole rings is 1. The Bertz CT molecular complexity index is 761. The Balaban J connectivity index is 1.64. The number of rotatable bonds is 2. The summed E-state index contributed by atoms with van der Waals surface area (Å²) in [5.74, 6) is 0.429. The Labute approximate surface area is 132 Å². The van der Waals surface area contributed by atoms with E-state index in [1.54, 1.807) is 0 Å². The third-order valence-corrected chi connectivity index (χ3v) is 6.33. The minimum Gasteiger partial charge on any atom is -0.431 e. The van der Waals surface area contributed by atoms with Crippen LogP contribution in [0.1, 0.15) is 33.1 Å². The largest absolute Gasteiger partial charge is 0.431 e. The van der Waals surface area contributed by atoms with Gasteiger partial charge in [-0.1, -0.05) is 26.0 Å². The first kappa shape index (κ1) is 14.0. The molecule has 2 bridgehead atoms. The molecule has 4 rings (SSSR count). The van der Waals surface area contributed by atoms with Crippen LogP contribution in [0.25, 0.3) is 11.1 Å². The van der Waals surface area contributed by atoms with Crippen LogP contribution < -0.4 is 0 Å². The second kappa shape index (κ2) is 4.44. The first-order chi connectivity index (χ1) is 10.4. The van der Waals surface area contributed by atoms with E-state index in [4.69, 9.17) is 4.42 Å². The van der Waals surface area contributed by atoms with Crippen molar-refractivity contribution < 1.29 is 14.0 Å². The van der Waals surface area contributed by atoms with Gasteiger partial charge in [0.2, 0.25) is 5.12 Å². The van der Waals surface area contributed by atoms with E-state index in [2.05, 4.69) is 4.98 Å². The van der Waals surface area contributed by atoms with Crippen molar-refractivity contribution >= 4 is 33.8 Å². The van der Waals surface area contributed by atoms with Crippen LogP contribution in [0.2, 0.25) is 0 Å². The summed E-state index contributed by atoms with van der Waals surface area (Å²) in [6.07, 6.45) is 2.31. The number of para-hydroxylation sites is 2. The van der Waals surface area contributed by atoms with Crippen molar-refractivity contribution in [1.82, 2.24) is 4.98 Å². The Hall–Kier alpha value is -1.62. The zero-order chi connectivity index (χ0) is 15.5. The number of hydrogen-bond acceptors (Lipinski definition) is 5. The first-order valence-electron chi connectivity index (χ1n) is 7.56. The SMILES string of the molecule is CC1(C)C(=O)C2(C(=O)Sc3nc4ccccc4o3)CCC1C2. The molecule has 2 aromatic rings. The van der Waals surface area contributed by atoms with Gasteiger partial charge in [-0.15, -0.1) is 0 Å². The van der Waals surface area contributed by atoms with E-state index < -0.39 is 5.41 Å².